The third-order valence-corrected chi connectivity index (χ3v) is 2.12. The Morgan fingerprint density at radius 2 is 2.20 bits per heavy atom. The first kappa shape index (κ1) is 6.17. The molecule has 2 rings (SSSR count). The highest BCUT2D eigenvalue weighted by Crippen LogP contribution is 2.26. The molecule has 1 heteroatoms. The lowest BCUT2D eigenvalue weighted by molar-refractivity contribution is 0.402. The van der Waals surface area contributed by atoms with Gasteiger partial charge in [0.15, 0.2) is 0 Å². The summed E-state index contributed by atoms with van der Waals surface area (Å²) >= 11 is 0. The molecular weight excluding hydrogens is 122 g/mol. The van der Waals surface area contributed by atoms with E-state index in [1.807, 2.05) is 0 Å². The summed E-state index contributed by atoms with van der Waals surface area (Å²) in [4.78, 5) is 0. The summed E-state index contributed by atoms with van der Waals surface area (Å²) in [5, 5.41) is 3.15. The minimum absolute atomic E-state index is 0.527. The minimum Gasteiger partial charge on any atom is -0.307 e. The molecule has 0 bridgehead atoms. The molecule has 0 spiro atoms. The van der Waals surface area contributed by atoms with E-state index < -0.39 is 0 Å². The van der Waals surface area contributed by atoms with Crippen LogP contribution in [-0.4, -0.2) is 6.54 Å². The standard InChI is InChI=1S/C9H11N/c1-2-4-9-7-10-6-5-8(9)3-1/h1-4,8-10H,5-6H2. The largest absolute Gasteiger partial charge is 0.307 e. The minimum atomic E-state index is 0.527. The molecule has 1 nitrogen and oxygen atoms in total. The van der Waals surface area contributed by atoms with Gasteiger partial charge in [-0.25, -0.2) is 0 Å². The van der Waals surface area contributed by atoms with Gasteiger partial charge in [-0.15, -0.1) is 0 Å². The Bertz CT molecular complexity index is 150. The van der Waals surface area contributed by atoms with Crippen molar-refractivity contribution in [2.24, 2.45) is 11.8 Å². The fourth-order valence-electron chi connectivity index (χ4n) is 1.51. The van der Waals surface area contributed by atoms with Gasteiger partial charge in [-0.1, -0.05) is 24.3 Å². The highest BCUT2D eigenvalue weighted by atomic mass is 14.9. The third-order valence-electron chi connectivity index (χ3n) is 2.12. The van der Waals surface area contributed by atoms with Crippen molar-refractivity contribution < 1.29 is 0 Å². The molecule has 1 heterocycles. The van der Waals surface area contributed by atoms with Gasteiger partial charge in [-0.05, 0) is 18.9 Å². The van der Waals surface area contributed by atoms with Crippen molar-refractivity contribution >= 4 is 0 Å². The quantitative estimate of drug-likeness (QED) is 0.526. The van der Waals surface area contributed by atoms with E-state index in [2.05, 4.69) is 36.2 Å². The van der Waals surface area contributed by atoms with E-state index >= 15 is 0 Å². The molecule has 2 atom stereocenters. The number of rotatable bonds is 0. The van der Waals surface area contributed by atoms with Gasteiger partial charge in [-0.2, -0.15) is 0 Å². The van der Waals surface area contributed by atoms with Crippen LogP contribution in [0, 0.1) is 18.4 Å². The molecule has 52 valence electrons. The van der Waals surface area contributed by atoms with Crippen LogP contribution in [0.25, 0.3) is 0 Å². The van der Waals surface area contributed by atoms with Crippen LogP contribution in [0.2, 0.25) is 0 Å². The first-order chi connectivity index (χ1) is 4.97. The van der Waals surface area contributed by atoms with E-state index in [0.717, 1.165) is 6.54 Å². The number of fused-ring (bicyclic) bond motifs is 1. The maximum absolute atomic E-state index is 3.23. The summed E-state index contributed by atoms with van der Waals surface area (Å²) in [6.07, 6.45) is 9.96. The van der Waals surface area contributed by atoms with Crippen LogP contribution in [0.3, 0.4) is 0 Å². The smallest absolute Gasteiger partial charge is 0.0667 e. The monoisotopic (exact) mass is 133 g/mol. The summed E-state index contributed by atoms with van der Waals surface area (Å²) < 4.78 is 0. The first-order valence-electron chi connectivity index (χ1n) is 3.80. The zero-order chi connectivity index (χ0) is 6.81. The summed E-state index contributed by atoms with van der Waals surface area (Å²) in [5.74, 6) is 1.24. The van der Waals surface area contributed by atoms with Crippen LogP contribution in [0.1, 0.15) is 6.42 Å². The van der Waals surface area contributed by atoms with Gasteiger partial charge >= 0.3 is 0 Å². The number of hydrogen-bond donors (Lipinski definition) is 1. The molecule has 2 radical (unpaired) electrons. The van der Waals surface area contributed by atoms with Crippen LogP contribution in [-0.2, 0) is 0 Å². The van der Waals surface area contributed by atoms with E-state index in [1.54, 1.807) is 0 Å². The SMILES string of the molecule is [C]1NCCC2C=CC=CC12. The molecular formula is C9H11N. The lowest BCUT2D eigenvalue weighted by atomic mass is 9.84. The van der Waals surface area contributed by atoms with Crippen molar-refractivity contribution in [2.45, 2.75) is 6.42 Å². The van der Waals surface area contributed by atoms with Gasteiger partial charge in [0, 0.05) is 5.92 Å². The third kappa shape index (κ3) is 1.01. The van der Waals surface area contributed by atoms with Crippen molar-refractivity contribution in [1.82, 2.24) is 5.32 Å². The van der Waals surface area contributed by atoms with E-state index in [1.165, 1.54) is 6.42 Å². The maximum atomic E-state index is 3.23. The predicted octanol–water partition coefficient (Wildman–Crippen LogP) is 1.38. The maximum Gasteiger partial charge on any atom is 0.0667 e. The number of piperidine rings is 1. The molecule has 0 amide bonds. The molecule has 1 aliphatic carbocycles. The topological polar surface area (TPSA) is 12.0 Å². The molecule has 1 fully saturated rings. The van der Waals surface area contributed by atoms with E-state index in [-0.39, 0.29) is 0 Å². The summed E-state index contributed by atoms with van der Waals surface area (Å²) in [5.41, 5.74) is 0. The van der Waals surface area contributed by atoms with Crippen molar-refractivity contribution in [2.75, 3.05) is 6.54 Å². The zero-order valence-corrected chi connectivity index (χ0v) is 5.88. The van der Waals surface area contributed by atoms with Gasteiger partial charge in [0.05, 0.1) is 6.54 Å². The molecule has 2 aliphatic rings. The van der Waals surface area contributed by atoms with Crippen molar-refractivity contribution in [1.29, 1.82) is 0 Å². The lowest BCUT2D eigenvalue weighted by Crippen LogP contribution is -2.30. The normalized spacial score (nSPS) is 37.6. The zero-order valence-electron chi connectivity index (χ0n) is 5.88. The van der Waals surface area contributed by atoms with Crippen molar-refractivity contribution in [3.05, 3.63) is 30.8 Å². The first-order valence-corrected chi connectivity index (χ1v) is 3.80. The van der Waals surface area contributed by atoms with Crippen LogP contribution >= 0.6 is 0 Å². The van der Waals surface area contributed by atoms with E-state index in [0.29, 0.717) is 11.8 Å². The molecule has 2 unspecified atom stereocenters. The number of hydrogen-bond acceptors (Lipinski definition) is 1. The molecule has 10 heavy (non-hydrogen) atoms. The van der Waals surface area contributed by atoms with Crippen LogP contribution < -0.4 is 5.32 Å². The molecule has 0 aromatic carbocycles. The average molecular weight is 133 g/mol. The highest BCUT2D eigenvalue weighted by molar-refractivity contribution is 5.17. The Balaban J connectivity index is 2.09. The van der Waals surface area contributed by atoms with Crippen LogP contribution in [0.4, 0.5) is 0 Å². The predicted molar refractivity (Wildman–Crippen MR) is 41.1 cm³/mol. The summed E-state index contributed by atoms with van der Waals surface area (Å²) in [6.45, 7) is 4.32. The van der Waals surface area contributed by atoms with Gasteiger partial charge in [-0.3, -0.25) is 0 Å². The van der Waals surface area contributed by atoms with Gasteiger partial charge in [0.25, 0.3) is 0 Å². The molecule has 1 N–H and O–H groups in total. The van der Waals surface area contributed by atoms with Crippen molar-refractivity contribution in [3.8, 4) is 0 Å². The summed E-state index contributed by atoms with van der Waals surface area (Å²) in [7, 11) is 0. The number of nitrogens with one attached hydrogen (secondary N) is 1. The second kappa shape index (κ2) is 2.59. The Morgan fingerprint density at radius 3 is 3.10 bits per heavy atom. The molecule has 1 aliphatic heterocycles. The summed E-state index contributed by atoms with van der Waals surface area (Å²) in [6, 6.07) is 0. The fraction of sp³-hybridized carbons (Fsp3) is 0.444. The number of allylic oxidation sites excluding steroid dienone is 3. The Labute approximate surface area is 61.8 Å². The average Bonchev–Trinajstić information content (AvgIpc) is 2.05. The lowest BCUT2D eigenvalue weighted by Gasteiger charge is -2.28. The second-order valence-electron chi connectivity index (χ2n) is 2.82. The molecule has 1 saturated heterocycles. The molecule has 0 aromatic rings. The van der Waals surface area contributed by atoms with Gasteiger partial charge < -0.3 is 5.32 Å². The Kier molecular flexibility index (Phi) is 1.60. The Morgan fingerprint density at radius 1 is 1.30 bits per heavy atom. The second-order valence-corrected chi connectivity index (χ2v) is 2.82. The van der Waals surface area contributed by atoms with Crippen LogP contribution in [0.15, 0.2) is 24.3 Å². The Hall–Kier alpha value is -0.560. The van der Waals surface area contributed by atoms with E-state index in [9.17, 15) is 0 Å². The molecule has 0 saturated carbocycles. The van der Waals surface area contributed by atoms with Gasteiger partial charge in [0.2, 0.25) is 0 Å². The molecule has 0 aromatic heterocycles. The van der Waals surface area contributed by atoms with Crippen molar-refractivity contribution in [3.63, 3.8) is 0 Å². The van der Waals surface area contributed by atoms with Crippen LogP contribution in [0.5, 0.6) is 0 Å². The van der Waals surface area contributed by atoms with Gasteiger partial charge in [0.1, 0.15) is 0 Å². The highest BCUT2D eigenvalue weighted by Gasteiger charge is 2.21. The fourth-order valence-corrected chi connectivity index (χ4v) is 1.51. The van der Waals surface area contributed by atoms with E-state index in [4.69, 9.17) is 0 Å².